The molecule has 0 amide bonds. The molecule has 0 radical (unpaired) electrons. The van der Waals surface area contributed by atoms with Crippen LogP contribution in [0.1, 0.15) is 44.8 Å². The molecule has 0 spiro atoms. The van der Waals surface area contributed by atoms with E-state index < -0.39 is 0 Å². The Morgan fingerprint density at radius 2 is 1.81 bits per heavy atom. The van der Waals surface area contributed by atoms with Gasteiger partial charge in [0.1, 0.15) is 5.75 Å². The van der Waals surface area contributed by atoms with Crippen molar-refractivity contribution in [3.05, 3.63) is 29.8 Å². The second kappa shape index (κ2) is 8.40. The molecule has 1 atom stereocenters. The van der Waals surface area contributed by atoms with Crippen molar-refractivity contribution < 1.29 is 9.47 Å². The molecule has 0 bridgehead atoms. The predicted octanol–water partition coefficient (Wildman–Crippen LogP) is 3.89. The number of hydrogen-bond donors (Lipinski definition) is 0. The van der Waals surface area contributed by atoms with Gasteiger partial charge in [-0.2, -0.15) is 0 Å². The predicted molar refractivity (Wildman–Crippen MR) is 86.8 cm³/mol. The third-order valence-corrected chi connectivity index (χ3v) is 4.20. The van der Waals surface area contributed by atoms with E-state index in [4.69, 9.17) is 9.47 Å². The van der Waals surface area contributed by atoms with Crippen LogP contribution in [0.5, 0.6) is 5.75 Å². The zero-order valence-corrected chi connectivity index (χ0v) is 13.7. The SMILES string of the molecule is COc1ccccc1C(OCCN1CCCCC1)C(C)C. The molecule has 1 aliphatic heterocycles. The van der Waals surface area contributed by atoms with E-state index in [0.29, 0.717) is 5.92 Å². The van der Waals surface area contributed by atoms with Crippen LogP contribution in [-0.2, 0) is 4.74 Å². The highest BCUT2D eigenvalue weighted by Gasteiger charge is 2.20. The number of nitrogens with zero attached hydrogens (tertiary/aromatic N) is 1. The first-order valence-electron chi connectivity index (χ1n) is 8.19. The van der Waals surface area contributed by atoms with E-state index in [9.17, 15) is 0 Å². The molecule has 1 saturated heterocycles. The maximum absolute atomic E-state index is 6.21. The Morgan fingerprint density at radius 1 is 1.10 bits per heavy atom. The standard InChI is InChI=1S/C18H29NO2/c1-15(2)18(16-9-5-6-10-17(16)20-3)21-14-13-19-11-7-4-8-12-19/h5-6,9-10,15,18H,4,7-8,11-14H2,1-3H3. The number of piperidine rings is 1. The van der Waals surface area contributed by atoms with Crippen molar-refractivity contribution in [3.8, 4) is 5.75 Å². The lowest BCUT2D eigenvalue weighted by atomic mass is 9.98. The molecule has 1 unspecified atom stereocenters. The fourth-order valence-corrected chi connectivity index (χ4v) is 3.03. The fourth-order valence-electron chi connectivity index (χ4n) is 3.03. The van der Waals surface area contributed by atoms with Crippen molar-refractivity contribution >= 4 is 0 Å². The maximum Gasteiger partial charge on any atom is 0.124 e. The minimum Gasteiger partial charge on any atom is -0.496 e. The smallest absolute Gasteiger partial charge is 0.124 e. The Balaban J connectivity index is 1.92. The average Bonchev–Trinajstić information content (AvgIpc) is 2.52. The normalized spacial score (nSPS) is 17.9. The third-order valence-electron chi connectivity index (χ3n) is 4.20. The second-order valence-electron chi connectivity index (χ2n) is 6.18. The van der Waals surface area contributed by atoms with E-state index in [2.05, 4.69) is 30.9 Å². The van der Waals surface area contributed by atoms with Gasteiger partial charge in [0.2, 0.25) is 0 Å². The molecular formula is C18H29NO2. The number of para-hydroxylation sites is 1. The zero-order chi connectivity index (χ0) is 15.1. The van der Waals surface area contributed by atoms with Crippen molar-refractivity contribution in [1.82, 2.24) is 4.90 Å². The van der Waals surface area contributed by atoms with Crippen LogP contribution in [0.2, 0.25) is 0 Å². The average molecular weight is 291 g/mol. The summed E-state index contributed by atoms with van der Waals surface area (Å²) in [4.78, 5) is 2.52. The van der Waals surface area contributed by atoms with Gasteiger partial charge in [-0.3, -0.25) is 0 Å². The highest BCUT2D eigenvalue weighted by molar-refractivity contribution is 5.35. The second-order valence-corrected chi connectivity index (χ2v) is 6.18. The summed E-state index contributed by atoms with van der Waals surface area (Å²) >= 11 is 0. The number of likely N-dealkylation sites (tertiary alicyclic amines) is 1. The van der Waals surface area contributed by atoms with Crippen molar-refractivity contribution in [2.75, 3.05) is 33.4 Å². The lowest BCUT2D eigenvalue weighted by molar-refractivity contribution is 0.00567. The molecule has 0 aromatic heterocycles. The number of benzene rings is 1. The van der Waals surface area contributed by atoms with Crippen LogP contribution in [0.25, 0.3) is 0 Å². The lowest BCUT2D eigenvalue weighted by Gasteiger charge is -2.28. The van der Waals surface area contributed by atoms with Crippen molar-refractivity contribution in [2.24, 2.45) is 5.92 Å². The highest BCUT2D eigenvalue weighted by atomic mass is 16.5. The van der Waals surface area contributed by atoms with E-state index in [0.717, 1.165) is 24.5 Å². The van der Waals surface area contributed by atoms with Crippen molar-refractivity contribution in [3.63, 3.8) is 0 Å². The van der Waals surface area contributed by atoms with Crippen molar-refractivity contribution in [2.45, 2.75) is 39.2 Å². The number of ether oxygens (including phenoxy) is 2. The first kappa shape index (κ1) is 16.3. The summed E-state index contributed by atoms with van der Waals surface area (Å²) in [6.07, 6.45) is 4.15. The van der Waals surface area contributed by atoms with Gasteiger partial charge in [0.25, 0.3) is 0 Å². The lowest BCUT2D eigenvalue weighted by Crippen LogP contribution is -2.33. The molecule has 0 saturated carbocycles. The molecule has 2 rings (SSSR count). The van der Waals surface area contributed by atoms with E-state index in [1.165, 1.54) is 32.4 Å². The maximum atomic E-state index is 6.21. The minimum absolute atomic E-state index is 0.103. The van der Waals surface area contributed by atoms with Crippen LogP contribution in [0.15, 0.2) is 24.3 Å². The highest BCUT2D eigenvalue weighted by Crippen LogP contribution is 2.32. The minimum atomic E-state index is 0.103. The molecule has 0 N–H and O–H groups in total. The number of hydrogen-bond acceptors (Lipinski definition) is 3. The van der Waals surface area contributed by atoms with Crippen LogP contribution in [-0.4, -0.2) is 38.3 Å². The van der Waals surface area contributed by atoms with Gasteiger partial charge < -0.3 is 14.4 Å². The van der Waals surface area contributed by atoms with Gasteiger partial charge in [0, 0.05) is 12.1 Å². The van der Waals surface area contributed by atoms with Crippen LogP contribution < -0.4 is 4.74 Å². The molecular weight excluding hydrogens is 262 g/mol. The Labute approximate surface area is 129 Å². The van der Waals surface area contributed by atoms with Crippen LogP contribution in [0.3, 0.4) is 0 Å². The van der Waals surface area contributed by atoms with Gasteiger partial charge in [-0.15, -0.1) is 0 Å². The van der Waals surface area contributed by atoms with E-state index in [1.54, 1.807) is 7.11 Å². The van der Waals surface area contributed by atoms with Crippen LogP contribution >= 0.6 is 0 Å². The summed E-state index contributed by atoms with van der Waals surface area (Å²) in [6, 6.07) is 8.19. The van der Waals surface area contributed by atoms with Gasteiger partial charge in [0.15, 0.2) is 0 Å². The quantitative estimate of drug-likeness (QED) is 0.760. The summed E-state index contributed by atoms with van der Waals surface area (Å²) in [7, 11) is 1.73. The van der Waals surface area contributed by atoms with Gasteiger partial charge in [-0.1, -0.05) is 38.5 Å². The molecule has 1 aromatic carbocycles. The number of rotatable bonds is 7. The molecule has 118 valence electrons. The Hall–Kier alpha value is -1.06. The van der Waals surface area contributed by atoms with E-state index >= 15 is 0 Å². The largest absolute Gasteiger partial charge is 0.496 e. The first-order valence-corrected chi connectivity index (χ1v) is 8.19. The van der Waals surface area contributed by atoms with Gasteiger partial charge >= 0.3 is 0 Å². The summed E-state index contributed by atoms with van der Waals surface area (Å²) < 4.78 is 11.7. The monoisotopic (exact) mass is 291 g/mol. The zero-order valence-electron chi connectivity index (χ0n) is 13.7. The number of methoxy groups -OCH3 is 1. The summed E-state index contributed by atoms with van der Waals surface area (Å²) in [5.41, 5.74) is 1.16. The summed E-state index contributed by atoms with van der Waals surface area (Å²) in [5, 5.41) is 0. The summed E-state index contributed by atoms with van der Waals surface area (Å²) in [5.74, 6) is 1.36. The molecule has 3 nitrogen and oxygen atoms in total. The third kappa shape index (κ3) is 4.72. The Bertz CT molecular complexity index is 413. The molecule has 21 heavy (non-hydrogen) atoms. The Kier molecular flexibility index (Phi) is 6.52. The summed E-state index contributed by atoms with van der Waals surface area (Å²) in [6.45, 7) is 8.70. The molecule has 1 heterocycles. The topological polar surface area (TPSA) is 21.7 Å². The van der Waals surface area contributed by atoms with Crippen LogP contribution in [0.4, 0.5) is 0 Å². The molecule has 1 aliphatic rings. The van der Waals surface area contributed by atoms with E-state index in [1.807, 2.05) is 12.1 Å². The molecule has 1 fully saturated rings. The Morgan fingerprint density at radius 3 is 2.48 bits per heavy atom. The van der Waals surface area contributed by atoms with Gasteiger partial charge in [-0.05, 0) is 37.9 Å². The van der Waals surface area contributed by atoms with Gasteiger partial charge in [-0.25, -0.2) is 0 Å². The van der Waals surface area contributed by atoms with Crippen molar-refractivity contribution in [1.29, 1.82) is 0 Å². The molecule has 3 heteroatoms. The van der Waals surface area contributed by atoms with Gasteiger partial charge in [0.05, 0.1) is 19.8 Å². The molecule has 0 aliphatic carbocycles. The van der Waals surface area contributed by atoms with Crippen LogP contribution in [0, 0.1) is 5.92 Å². The van der Waals surface area contributed by atoms with E-state index in [-0.39, 0.29) is 6.10 Å². The molecule has 1 aromatic rings. The fraction of sp³-hybridized carbons (Fsp3) is 0.667. The first-order chi connectivity index (χ1) is 10.2.